The van der Waals surface area contributed by atoms with E-state index < -0.39 is 0 Å². The highest BCUT2D eigenvalue weighted by atomic mass is 32.1. The molecular formula is C9H19N3S. The first kappa shape index (κ1) is 10.7. The van der Waals surface area contributed by atoms with E-state index in [1.807, 2.05) is 7.05 Å². The van der Waals surface area contributed by atoms with Gasteiger partial charge in [0.05, 0.1) is 0 Å². The van der Waals surface area contributed by atoms with Gasteiger partial charge in [0.2, 0.25) is 0 Å². The summed E-state index contributed by atoms with van der Waals surface area (Å²) in [4.78, 5) is 4.50. The summed E-state index contributed by atoms with van der Waals surface area (Å²) >= 11 is 5.18. The Balaban J connectivity index is 2.32. The Morgan fingerprint density at radius 3 is 2.85 bits per heavy atom. The number of hydrogen-bond acceptors (Lipinski definition) is 2. The van der Waals surface area contributed by atoms with Gasteiger partial charge in [-0.05, 0) is 38.7 Å². The number of likely N-dealkylation sites (tertiary alicyclic amines) is 1. The zero-order valence-electron chi connectivity index (χ0n) is 8.71. The van der Waals surface area contributed by atoms with Gasteiger partial charge in [-0.2, -0.15) is 0 Å². The lowest BCUT2D eigenvalue weighted by atomic mass is 10.1. The predicted molar refractivity (Wildman–Crippen MR) is 59.9 cm³/mol. The second-order valence-corrected chi connectivity index (χ2v) is 4.30. The van der Waals surface area contributed by atoms with Gasteiger partial charge in [-0.1, -0.05) is 0 Å². The fourth-order valence-corrected chi connectivity index (χ4v) is 2.01. The molecule has 1 heterocycles. The van der Waals surface area contributed by atoms with Crippen LogP contribution in [-0.2, 0) is 0 Å². The summed E-state index contributed by atoms with van der Waals surface area (Å²) in [5, 5.41) is 3.91. The topological polar surface area (TPSA) is 18.5 Å². The largest absolute Gasteiger partial charge is 0.366 e. The third-order valence-electron chi connectivity index (χ3n) is 2.41. The summed E-state index contributed by atoms with van der Waals surface area (Å²) in [6, 6.07) is 0. The lowest BCUT2D eigenvalue weighted by molar-refractivity contribution is 0.328. The molecule has 0 radical (unpaired) electrons. The van der Waals surface area contributed by atoms with Crippen molar-refractivity contribution in [2.75, 3.05) is 40.8 Å². The Morgan fingerprint density at radius 1 is 1.62 bits per heavy atom. The minimum Gasteiger partial charge on any atom is -0.366 e. The molecule has 4 heteroatoms. The van der Waals surface area contributed by atoms with Crippen LogP contribution >= 0.6 is 12.2 Å². The SMILES string of the molecule is CNC(=S)N1CCC(CN(C)C)C1. The molecule has 3 nitrogen and oxygen atoms in total. The van der Waals surface area contributed by atoms with Gasteiger partial charge in [0.1, 0.15) is 0 Å². The summed E-state index contributed by atoms with van der Waals surface area (Å²) < 4.78 is 0. The van der Waals surface area contributed by atoms with Crippen LogP contribution in [0.2, 0.25) is 0 Å². The highest BCUT2D eigenvalue weighted by molar-refractivity contribution is 7.80. The highest BCUT2D eigenvalue weighted by Crippen LogP contribution is 2.16. The maximum atomic E-state index is 5.18. The van der Waals surface area contributed by atoms with Crippen molar-refractivity contribution in [2.24, 2.45) is 5.92 Å². The number of rotatable bonds is 2. The van der Waals surface area contributed by atoms with E-state index in [1.165, 1.54) is 13.0 Å². The van der Waals surface area contributed by atoms with Crippen LogP contribution in [0.3, 0.4) is 0 Å². The fourth-order valence-electron chi connectivity index (χ4n) is 1.84. The van der Waals surface area contributed by atoms with Crippen molar-refractivity contribution in [3.05, 3.63) is 0 Å². The Kier molecular flexibility index (Phi) is 3.93. The van der Waals surface area contributed by atoms with Crippen LogP contribution in [0.25, 0.3) is 0 Å². The first-order valence-electron chi connectivity index (χ1n) is 4.75. The molecular weight excluding hydrogens is 182 g/mol. The number of hydrogen-bond donors (Lipinski definition) is 1. The van der Waals surface area contributed by atoms with Crippen LogP contribution < -0.4 is 5.32 Å². The van der Waals surface area contributed by atoms with Crippen LogP contribution in [0.15, 0.2) is 0 Å². The summed E-state index contributed by atoms with van der Waals surface area (Å²) in [5.41, 5.74) is 0. The second kappa shape index (κ2) is 4.77. The zero-order valence-corrected chi connectivity index (χ0v) is 9.52. The number of nitrogens with one attached hydrogen (secondary N) is 1. The molecule has 0 aromatic carbocycles. The average Bonchev–Trinajstić information content (AvgIpc) is 2.50. The molecule has 1 aliphatic heterocycles. The molecule has 13 heavy (non-hydrogen) atoms. The van der Waals surface area contributed by atoms with Crippen molar-refractivity contribution < 1.29 is 0 Å². The Morgan fingerprint density at radius 2 is 2.31 bits per heavy atom. The molecule has 1 fully saturated rings. The van der Waals surface area contributed by atoms with E-state index in [4.69, 9.17) is 12.2 Å². The highest BCUT2D eigenvalue weighted by Gasteiger charge is 2.23. The van der Waals surface area contributed by atoms with E-state index in [0.717, 1.165) is 24.1 Å². The maximum absolute atomic E-state index is 5.18. The van der Waals surface area contributed by atoms with Gasteiger partial charge in [0.15, 0.2) is 5.11 Å². The van der Waals surface area contributed by atoms with Crippen molar-refractivity contribution >= 4 is 17.3 Å². The van der Waals surface area contributed by atoms with Crippen LogP contribution in [-0.4, -0.2) is 55.7 Å². The minimum atomic E-state index is 0.779. The smallest absolute Gasteiger partial charge is 0.168 e. The van der Waals surface area contributed by atoms with Gasteiger partial charge >= 0.3 is 0 Å². The van der Waals surface area contributed by atoms with Crippen molar-refractivity contribution in [1.82, 2.24) is 15.1 Å². The van der Waals surface area contributed by atoms with Gasteiger partial charge in [-0.25, -0.2) is 0 Å². The molecule has 1 rings (SSSR count). The van der Waals surface area contributed by atoms with Crippen molar-refractivity contribution in [3.63, 3.8) is 0 Å². The molecule has 0 spiro atoms. The van der Waals surface area contributed by atoms with Gasteiger partial charge in [0.25, 0.3) is 0 Å². The summed E-state index contributed by atoms with van der Waals surface area (Å²) in [7, 11) is 6.14. The molecule has 0 bridgehead atoms. The standard InChI is InChI=1S/C9H19N3S/c1-10-9(13)12-5-4-8(7-12)6-11(2)3/h8H,4-7H2,1-3H3,(H,10,13). The molecule has 1 aliphatic rings. The van der Waals surface area contributed by atoms with E-state index in [0.29, 0.717) is 0 Å². The van der Waals surface area contributed by atoms with E-state index in [9.17, 15) is 0 Å². The van der Waals surface area contributed by atoms with Crippen LogP contribution in [0.4, 0.5) is 0 Å². The lowest BCUT2D eigenvalue weighted by Gasteiger charge is -2.20. The first-order valence-corrected chi connectivity index (χ1v) is 5.15. The van der Waals surface area contributed by atoms with Gasteiger partial charge in [-0.15, -0.1) is 0 Å². The fraction of sp³-hybridized carbons (Fsp3) is 0.889. The van der Waals surface area contributed by atoms with Crippen molar-refractivity contribution in [1.29, 1.82) is 0 Å². The molecule has 0 saturated carbocycles. The number of nitrogens with zero attached hydrogens (tertiary/aromatic N) is 2. The van der Waals surface area contributed by atoms with Crippen molar-refractivity contribution in [3.8, 4) is 0 Å². The minimum absolute atomic E-state index is 0.779. The van der Waals surface area contributed by atoms with Gasteiger partial charge < -0.3 is 15.1 Å². The third kappa shape index (κ3) is 3.12. The summed E-state index contributed by atoms with van der Waals surface area (Å²) in [5.74, 6) is 0.779. The Labute approximate surface area is 86.1 Å². The normalized spacial score (nSPS) is 22.5. The second-order valence-electron chi connectivity index (χ2n) is 3.92. The first-order chi connectivity index (χ1) is 6.13. The molecule has 0 amide bonds. The molecule has 1 unspecified atom stereocenters. The van der Waals surface area contributed by atoms with E-state index in [2.05, 4.69) is 29.2 Å². The Bertz CT molecular complexity index is 182. The van der Waals surface area contributed by atoms with Crippen molar-refractivity contribution in [2.45, 2.75) is 6.42 Å². The summed E-state index contributed by atoms with van der Waals surface area (Å²) in [6.07, 6.45) is 1.26. The monoisotopic (exact) mass is 201 g/mol. The molecule has 1 saturated heterocycles. The lowest BCUT2D eigenvalue weighted by Crippen LogP contribution is -2.36. The Hall–Kier alpha value is -0.350. The molecule has 0 aromatic rings. The van der Waals surface area contributed by atoms with E-state index >= 15 is 0 Å². The third-order valence-corrected chi connectivity index (χ3v) is 2.87. The average molecular weight is 201 g/mol. The van der Waals surface area contributed by atoms with Crippen LogP contribution in [0.1, 0.15) is 6.42 Å². The van der Waals surface area contributed by atoms with Gasteiger partial charge in [-0.3, -0.25) is 0 Å². The molecule has 1 atom stereocenters. The molecule has 0 aliphatic carbocycles. The van der Waals surface area contributed by atoms with E-state index in [-0.39, 0.29) is 0 Å². The summed E-state index contributed by atoms with van der Waals surface area (Å²) in [6.45, 7) is 3.39. The van der Waals surface area contributed by atoms with E-state index in [1.54, 1.807) is 0 Å². The maximum Gasteiger partial charge on any atom is 0.168 e. The van der Waals surface area contributed by atoms with Crippen LogP contribution in [0, 0.1) is 5.92 Å². The van der Waals surface area contributed by atoms with Gasteiger partial charge in [0, 0.05) is 26.7 Å². The quantitative estimate of drug-likeness (QED) is 0.651. The molecule has 0 aromatic heterocycles. The molecule has 1 N–H and O–H groups in total. The molecule has 76 valence electrons. The predicted octanol–water partition coefficient (Wildman–Crippen LogP) is 0.374. The number of thiocarbonyl (C=S) groups is 1. The zero-order chi connectivity index (χ0) is 9.84. The van der Waals surface area contributed by atoms with Crippen LogP contribution in [0.5, 0.6) is 0 Å².